The van der Waals surface area contributed by atoms with E-state index >= 15 is 0 Å². The molecule has 0 unspecified atom stereocenters. The molecule has 0 aromatic carbocycles. The minimum absolute atomic E-state index is 0.0508. The quantitative estimate of drug-likeness (QED) is 0.790. The molecule has 2 rings (SSSR count). The molecule has 0 aliphatic heterocycles. The van der Waals surface area contributed by atoms with Crippen molar-refractivity contribution in [1.82, 2.24) is 19.4 Å². The lowest BCUT2D eigenvalue weighted by Gasteiger charge is -2.17. The zero-order chi connectivity index (χ0) is 13.7. The molecule has 0 aliphatic carbocycles. The van der Waals surface area contributed by atoms with Crippen LogP contribution in [0.25, 0.3) is 11.0 Å². The second-order valence-corrected chi connectivity index (χ2v) is 4.49. The summed E-state index contributed by atoms with van der Waals surface area (Å²) >= 11 is 0. The zero-order valence-electron chi connectivity index (χ0n) is 11.5. The molecule has 0 atom stereocenters. The molecule has 0 aliphatic rings. The molecule has 5 nitrogen and oxygen atoms in total. The summed E-state index contributed by atoms with van der Waals surface area (Å²) < 4.78 is 1.65. The molecule has 19 heavy (non-hydrogen) atoms. The maximum atomic E-state index is 12.2. The molecule has 0 fully saturated rings. The fraction of sp³-hybridized carbons (Fsp3) is 0.500. The highest BCUT2D eigenvalue weighted by molar-refractivity contribution is 5.71. The van der Waals surface area contributed by atoms with Gasteiger partial charge in [-0.2, -0.15) is 0 Å². The third-order valence-electron chi connectivity index (χ3n) is 3.35. The predicted molar refractivity (Wildman–Crippen MR) is 76.2 cm³/mol. The van der Waals surface area contributed by atoms with Gasteiger partial charge in [-0.15, -0.1) is 0 Å². The number of hydrogen-bond donors (Lipinski definition) is 0. The highest BCUT2D eigenvalue weighted by Crippen LogP contribution is 2.01. The van der Waals surface area contributed by atoms with Crippen LogP contribution >= 0.6 is 0 Å². The Balaban J connectivity index is 2.09. The minimum atomic E-state index is -0.0508. The van der Waals surface area contributed by atoms with Crippen LogP contribution in [-0.2, 0) is 6.54 Å². The number of aryl methyl sites for hydroxylation is 1. The first-order valence-corrected chi connectivity index (χ1v) is 6.78. The molecule has 2 aromatic heterocycles. The lowest BCUT2D eigenvalue weighted by molar-refractivity contribution is 0.292. The van der Waals surface area contributed by atoms with Gasteiger partial charge in [0.15, 0.2) is 5.52 Å². The lowest BCUT2D eigenvalue weighted by atomic mass is 10.3. The molecule has 5 heteroatoms. The van der Waals surface area contributed by atoms with Gasteiger partial charge in [0.2, 0.25) is 0 Å². The van der Waals surface area contributed by atoms with Gasteiger partial charge < -0.3 is 4.90 Å². The fourth-order valence-corrected chi connectivity index (χ4v) is 2.15. The van der Waals surface area contributed by atoms with E-state index in [4.69, 9.17) is 0 Å². The van der Waals surface area contributed by atoms with Crippen LogP contribution in [0.15, 0.2) is 29.5 Å². The van der Waals surface area contributed by atoms with E-state index in [1.165, 1.54) is 0 Å². The Morgan fingerprint density at radius 3 is 2.79 bits per heavy atom. The summed E-state index contributed by atoms with van der Waals surface area (Å²) in [6, 6.07) is 3.60. The van der Waals surface area contributed by atoms with Crippen LogP contribution < -0.4 is 5.56 Å². The van der Waals surface area contributed by atoms with E-state index in [1.54, 1.807) is 23.2 Å². The van der Waals surface area contributed by atoms with Crippen LogP contribution in [0.5, 0.6) is 0 Å². The van der Waals surface area contributed by atoms with Gasteiger partial charge >= 0.3 is 0 Å². The van der Waals surface area contributed by atoms with Gasteiger partial charge in [-0.05, 0) is 38.2 Å². The number of pyridine rings is 1. The molecule has 0 saturated carbocycles. The van der Waals surface area contributed by atoms with Crippen molar-refractivity contribution in [2.24, 2.45) is 0 Å². The Bertz CT molecular complexity index is 589. The first kappa shape index (κ1) is 13.7. The summed E-state index contributed by atoms with van der Waals surface area (Å²) in [5, 5.41) is 0. The zero-order valence-corrected chi connectivity index (χ0v) is 11.5. The van der Waals surface area contributed by atoms with E-state index in [-0.39, 0.29) is 5.56 Å². The average Bonchev–Trinajstić information content (AvgIpc) is 2.46. The predicted octanol–water partition coefficient (Wildman–Crippen LogP) is 1.52. The van der Waals surface area contributed by atoms with Gasteiger partial charge in [0.25, 0.3) is 5.56 Å². The molecule has 2 aromatic rings. The molecule has 0 radical (unpaired) electrons. The first-order chi connectivity index (χ1) is 9.26. The molecular formula is C14H20N4O. The van der Waals surface area contributed by atoms with Crippen molar-refractivity contribution in [2.75, 3.05) is 19.6 Å². The first-order valence-electron chi connectivity index (χ1n) is 6.78. The second-order valence-electron chi connectivity index (χ2n) is 4.49. The van der Waals surface area contributed by atoms with E-state index in [1.807, 2.05) is 6.07 Å². The number of aromatic nitrogens is 3. The molecular weight excluding hydrogens is 240 g/mol. The van der Waals surface area contributed by atoms with E-state index < -0.39 is 0 Å². The topological polar surface area (TPSA) is 51.0 Å². The Hall–Kier alpha value is -1.75. The molecule has 0 N–H and O–H groups in total. The van der Waals surface area contributed by atoms with Crippen molar-refractivity contribution in [3.8, 4) is 0 Å². The van der Waals surface area contributed by atoms with Crippen molar-refractivity contribution < 1.29 is 0 Å². The minimum Gasteiger partial charge on any atom is -0.304 e. The smallest absolute Gasteiger partial charge is 0.279 e. The maximum absolute atomic E-state index is 12.2. The van der Waals surface area contributed by atoms with Crippen molar-refractivity contribution in [3.05, 3.63) is 35.0 Å². The van der Waals surface area contributed by atoms with Gasteiger partial charge in [0.05, 0.1) is 11.8 Å². The molecule has 2 heterocycles. The largest absolute Gasteiger partial charge is 0.304 e. The summed E-state index contributed by atoms with van der Waals surface area (Å²) in [7, 11) is 0. The van der Waals surface area contributed by atoms with E-state index in [0.717, 1.165) is 26.1 Å². The van der Waals surface area contributed by atoms with Crippen molar-refractivity contribution >= 4 is 11.0 Å². The molecule has 0 spiro atoms. The van der Waals surface area contributed by atoms with Crippen LogP contribution in [0.3, 0.4) is 0 Å². The average molecular weight is 260 g/mol. The Morgan fingerprint density at radius 2 is 2.05 bits per heavy atom. The van der Waals surface area contributed by atoms with Gasteiger partial charge in [-0.25, -0.2) is 9.97 Å². The highest BCUT2D eigenvalue weighted by atomic mass is 16.1. The highest BCUT2D eigenvalue weighted by Gasteiger charge is 2.05. The van der Waals surface area contributed by atoms with Gasteiger partial charge in [-0.1, -0.05) is 13.8 Å². The summed E-state index contributed by atoms with van der Waals surface area (Å²) in [6.07, 6.45) is 4.20. The van der Waals surface area contributed by atoms with Crippen molar-refractivity contribution in [3.63, 3.8) is 0 Å². The summed E-state index contributed by atoms with van der Waals surface area (Å²) in [5.74, 6) is 0. The van der Waals surface area contributed by atoms with Crippen LogP contribution in [0.2, 0.25) is 0 Å². The Morgan fingerprint density at radius 1 is 1.26 bits per heavy atom. The normalized spacial score (nSPS) is 11.3. The standard InChI is InChI=1S/C14H20N4O/c1-3-17(4-2)9-6-10-18-11-16-12-7-5-8-15-13(12)14(18)19/h5,7-8,11H,3-4,6,9-10H2,1-2H3. The van der Waals surface area contributed by atoms with Crippen LogP contribution in [0, 0.1) is 0 Å². The maximum Gasteiger partial charge on any atom is 0.279 e. The van der Waals surface area contributed by atoms with Crippen molar-refractivity contribution in [2.45, 2.75) is 26.8 Å². The van der Waals surface area contributed by atoms with Gasteiger partial charge in [0, 0.05) is 12.7 Å². The van der Waals surface area contributed by atoms with Gasteiger partial charge in [-0.3, -0.25) is 9.36 Å². The van der Waals surface area contributed by atoms with E-state index in [2.05, 4.69) is 28.7 Å². The number of hydrogen-bond acceptors (Lipinski definition) is 4. The number of nitrogens with zero attached hydrogens (tertiary/aromatic N) is 4. The SMILES string of the molecule is CCN(CC)CCCn1cnc2cccnc2c1=O. The van der Waals surface area contributed by atoms with Crippen LogP contribution in [0.1, 0.15) is 20.3 Å². The molecule has 0 saturated heterocycles. The summed E-state index contributed by atoms with van der Waals surface area (Å²) in [6.45, 7) is 8.08. The number of fused-ring (bicyclic) bond motifs is 1. The third-order valence-corrected chi connectivity index (χ3v) is 3.35. The van der Waals surface area contributed by atoms with Gasteiger partial charge in [0.1, 0.15) is 0 Å². The van der Waals surface area contributed by atoms with E-state index in [9.17, 15) is 4.79 Å². The fourth-order valence-electron chi connectivity index (χ4n) is 2.15. The molecule has 0 bridgehead atoms. The molecule has 102 valence electrons. The summed E-state index contributed by atoms with van der Waals surface area (Å²) in [5.41, 5.74) is 1.06. The third kappa shape index (κ3) is 3.17. The number of rotatable bonds is 6. The van der Waals surface area contributed by atoms with Crippen LogP contribution in [-0.4, -0.2) is 39.1 Å². The Labute approximate surface area is 112 Å². The Kier molecular flexibility index (Phi) is 4.63. The van der Waals surface area contributed by atoms with Crippen LogP contribution in [0.4, 0.5) is 0 Å². The lowest BCUT2D eigenvalue weighted by Crippen LogP contribution is -2.27. The molecule has 0 amide bonds. The summed E-state index contributed by atoms with van der Waals surface area (Å²) in [4.78, 5) is 22.9. The second kappa shape index (κ2) is 6.43. The van der Waals surface area contributed by atoms with Crippen molar-refractivity contribution in [1.29, 1.82) is 0 Å². The van der Waals surface area contributed by atoms with E-state index in [0.29, 0.717) is 17.6 Å². The monoisotopic (exact) mass is 260 g/mol.